The van der Waals surface area contributed by atoms with Gasteiger partial charge in [0, 0.05) is 30.4 Å². The van der Waals surface area contributed by atoms with Gasteiger partial charge in [-0.15, -0.1) is 11.3 Å². The highest BCUT2D eigenvalue weighted by Gasteiger charge is 2.21. The van der Waals surface area contributed by atoms with Crippen molar-refractivity contribution in [2.24, 2.45) is 0 Å². The number of thiophene rings is 1. The first-order valence-electron chi connectivity index (χ1n) is 9.44. The minimum atomic E-state index is -0.0589. The van der Waals surface area contributed by atoms with Crippen molar-refractivity contribution in [3.63, 3.8) is 0 Å². The average molecular weight is 407 g/mol. The van der Waals surface area contributed by atoms with Crippen LogP contribution in [0.2, 0.25) is 0 Å². The standard InChI is InChI=1S/C19H26N4O2S2/c1-4-23(5-2)15(24)10-22(3)16(25)11-26-18-17-13-8-6-7-9-14(13)27-19(17)21-12-20-18/h12H,4-11H2,1-3H3. The van der Waals surface area contributed by atoms with E-state index in [9.17, 15) is 9.59 Å². The summed E-state index contributed by atoms with van der Waals surface area (Å²) in [5.41, 5.74) is 1.38. The summed E-state index contributed by atoms with van der Waals surface area (Å²) < 4.78 is 0. The topological polar surface area (TPSA) is 66.4 Å². The Morgan fingerprint density at radius 2 is 1.89 bits per heavy atom. The van der Waals surface area contributed by atoms with E-state index in [0.29, 0.717) is 13.1 Å². The number of fused-ring (bicyclic) bond motifs is 3. The molecule has 0 radical (unpaired) electrons. The molecule has 1 aliphatic carbocycles. The van der Waals surface area contributed by atoms with Gasteiger partial charge in [0.1, 0.15) is 16.2 Å². The van der Waals surface area contributed by atoms with Crippen LogP contribution in [0.3, 0.4) is 0 Å². The molecule has 8 heteroatoms. The lowest BCUT2D eigenvalue weighted by Gasteiger charge is -2.23. The minimum Gasteiger partial charge on any atom is -0.342 e. The number of rotatable bonds is 7. The number of thioether (sulfide) groups is 1. The molecule has 2 amide bonds. The van der Waals surface area contributed by atoms with Crippen LogP contribution in [-0.4, -0.2) is 64.0 Å². The molecule has 6 nitrogen and oxygen atoms in total. The maximum absolute atomic E-state index is 12.5. The molecule has 2 aromatic heterocycles. The van der Waals surface area contributed by atoms with E-state index in [1.807, 2.05) is 13.8 Å². The van der Waals surface area contributed by atoms with Gasteiger partial charge < -0.3 is 9.80 Å². The van der Waals surface area contributed by atoms with Crippen molar-refractivity contribution in [2.45, 2.75) is 44.6 Å². The van der Waals surface area contributed by atoms with Gasteiger partial charge in [-0.1, -0.05) is 11.8 Å². The summed E-state index contributed by atoms with van der Waals surface area (Å²) in [6.07, 6.45) is 6.22. The fourth-order valence-corrected chi connectivity index (χ4v) is 5.64. The Morgan fingerprint density at radius 1 is 1.15 bits per heavy atom. The quantitative estimate of drug-likeness (QED) is 0.522. The maximum Gasteiger partial charge on any atom is 0.242 e. The molecular weight excluding hydrogens is 380 g/mol. The summed E-state index contributed by atoms with van der Waals surface area (Å²) in [7, 11) is 1.69. The van der Waals surface area contributed by atoms with Crippen LogP contribution >= 0.6 is 23.1 Å². The fourth-order valence-electron chi connectivity index (χ4n) is 3.38. The molecule has 0 unspecified atom stereocenters. The Bertz CT molecular complexity index is 832. The zero-order valence-electron chi connectivity index (χ0n) is 16.2. The van der Waals surface area contributed by atoms with Crippen molar-refractivity contribution in [1.29, 1.82) is 0 Å². The predicted octanol–water partition coefficient (Wildman–Crippen LogP) is 2.99. The zero-order chi connectivity index (χ0) is 19.4. The maximum atomic E-state index is 12.5. The number of aromatic nitrogens is 2. The van der Waals surface area contributed by atoms with Crippen LogP contribution in [0.15, 0.2) is 11.4 Å². The van der Waals surface area contributed by atoms with Crippen LogP contribution in [0.25, 0.3) is 10.2 Å². The summed E-state index contributed by atoms with van der Waals surface area (Å²) in [5, 5.41) is 2.02. The number of carbonyl (C=O) groups excluding carboxylic acids is 2. The van der Waals surface area contributed by atoms with E-state index >= 15 is 0 Å². The normalized spacial score (nSPS) is 13.4. The molecule has 2 aromatic rings. The predicted molar refractivity (Wildman–Crippen MR) is 110 cm³/mol. The van der Waals surface area contributed by atoms with Gasteiger partial charge in [-0.25, -0.2) is 9.97 Å². The Labute approximate surface area is 168 Å². The number of hydrogen-bond donors (Lipinski definition) is 0. The summed E-state index contributed by atoms with van der Waals surface area (Å²) in [5.74, 6) is 0.201. The van der Waals surface area contributed by atoms with Crippen LogP contribution in [-0.2, 0) is 22.4 Å². The fraction of sp³-hybridized carbons (Fsp3) is 0.579. The van der Waals surface area contributed by atoms with Crippen LogP contribution in [0, 0.1) is 0 Å². The highest BCUT2D eigenvalue weighted by Crippen LogP contribution is 2.39. The number of nitrogens with zero attached hydrogens (tertiary/aromatic N) is 4. The number of amides is 2. The lowest BCUT2D eigenvalue weighted by molar-refractivity contribution is -0.137. The second-order valence-electron chi connectivity index (χ2n) is 6.67. The molecule has 0 saturated heterocycles. The van der Waals surface area contributed by atoms with Gasteiger partial charge in [-0.2, -0.15) is 0 Å². The molecule has 27 heavy (non-hydrogen) atoms. The Hall–Kier alpha value is -1.67. The van der Waals surface area contributed by atoms with E-state index in [4.69, 9.17) is 0 Å². The third-order valence-corrected chi connectivity index (χ3v) is 7.14. The minimum absolute atomic E-state index is 0.0165. The Morgan fingerprint density at radius 3 is 2.63 bits per heavy atom. The van der Waals surface area contributed by atoms with Crippen molar-refractivity contribution < 1.29 is 9.59 Å². The first kappa shape index (κ1) is 20.1. The highest BCUT2D eigenvalue weighted by atomic mass is 32.2. The van der Waals surface area contributed by atoms with E-state index in [0.717, 1.165) is 28.1 Å². The number of hydrogen-bond acceptors (Lipinski definition) is 6. The van der Waals surface area contributed by atoms with Crippen LogP contribution < -0.4 is 0 Å². The molecule has 0 aliphatic heterocycles. The van der Waals surface area contributed by atoms with Crippen LogP contribution in [0.5, 0.6) is 0 Å². The molecule has 0 atom stereocenters. The monoisotopic (exact) mass is 406 g/mol. The van der Waals surface area contributed by atoms with Crippen molar-refractivity contribution in [3.05, 3.63) is 16.8 Å². The van der Waals surface area contributed by atoms with Gasteiger partial charge in [0.2, 0.25) is 11.8 Å². The van der Waals surface area contributed by atoms with Crippen molar-refractivity contribution >= 4 is 45.1 Å². The van der Waals surface area contributed by atoms with E-state index < -0.39 is 0 Å². The van der Waals surface area contributed by atoms with E-state index in [1.165, 1.54) is 39.9 Å². The lowest BCUT2D eigenvalue weighted by Crippen LogP contribution is -2.41. The summed E-state index contributed by atoms with van der Waals surface area (Å²) in [6, 6.07) is 0. The smallest absolute Gasteiger partial charge is 0.242 e. The highest BCUT2D eigenvalue weighted by molar-refractivity contribution is 8.00. The third-order valence-electron chi connectivity index (χ3n) is 4.96. The van der Waals surface area contributed by atoms with E-state index in [2.05, 4.69) is 9.97 Å². The lowest BCUT2D eigenvalue weighted by atomic mass is 9.97. The second kappa shape index (κ2) is 9.01. The average Bonchev–Trinajstić information content (AvgIpc) is 3.06. The van der Waals surface area contributed by atoms with Crippen molar-refractivity contribution in [1.82, 2.24) is 19.8 Å². The number of carbonyl (C=O) groups is 2. The first-order chi connectivity index (χ1) is 13.0. The Balaban J connectivity index is 1.67. The molecule has 0 aromatic carbocycles. The largest absolute Gasteiger partial charge is 0.342 e. The summed E-state index contributed by atoms with van der Waals surface area (Å²) >= 11 is 3.21. The first-order valence-corrected chi connectivity index (χ1v) is 11.2. The van der Waals surface area contributed by atoms with Gasteiger partial charge in [0.25, 0.3) is 0 Å². The Kier molecular flexibility index (Phi) is 6.70. The molecular formula is C19H26N4O2S2. The van der Waals surface area contributed by atoms with Crippen LogP contribution in [0.4, 0.5) is 0 Å². The molecule has 0 bridgehead atoms. The molecule has 0 spiro atoms. The SMILES string of the molecule is CCN(CC)C(=O)CN(C)C(=O)CSc1ncnc2sc3c(c12)CCCC3. The molecule has 0 N–H and O–H groups in total. The molecule has 1 aliphatic rings. The number of aryl methyl sites for hydroxylation is 2. The molecule has 0 saturated carbocycles. The van der Waals surface area contributed by atoms with E-state index in [-0.39, 0.29) is 24.1 Å². The zero-order valence-corrected chi connectivity index (χ0v) is 17.8. The third kappa shape index (κ3) is 4.43. The van der Waals surface area contributed by atoms with Gasteiger partial charge in [-0.3, -0.25) is 9.59 Å². The van der Waals surface area contributed by atoms with Crippen molar-refractivity contribution in [2.75, 3.05) is 32.4 Å². The van der Waals surface area contributed by atoms with Crippen molar-refractivity contribution in [3.8, 4) is 0 Å². The molecule has 146 valence electrons. The molecule has 3 rings (SSSR count). The van der Waals surface area contributed by atoms with E-state index in [1.54, 1.807) is 29.6 Å². The number of likely N-dealkylation sites (N-methyl/N-ethyl adjacent to an activating group) is 2. The second-order valence-corrected chi connectivity index (χ2v) is 8.72. The van der Waals surface area contributed by atoms with Gasteiger partial charge in [0.05, 0.1) is 12.3 Å². The van der Waals surface area contributed by atoms with Gasteiger partial charge in [0.15, 0.2) is 0 Å². The van der Waals surface area contributed by atoms with Gasteiger partial charge >= 0.3 is 0 Å². The molecule has 0 fully saturated rings. The summed E-state index contributed by atoms with van der Waals surface area (Å²) in [4.78, 5) is 39.3. The molecule has 2 heterocycles. The van der Waals surface area contributed by atoms with Gasteiger partial charge in [-0.05, 0) is 45.1 Å². The summed E-state index contributed by atoms with van der Waals surface area (Å²) in [6.45, 7) is 5.33. The van der Waals surface area contributed by atoms with Crippen LogP contribution in [0.1, 0.15) is 37.1 Å².